The van der Waals surface area contributed by atoms with Crippen molar-refractivity contribution in [3.05, 3.63) is 11.8 Å². The Morgan fingerprint density at radius 1 is 1.36 bits per heavy atom. The maximum atomic E-state index is 12.3. The average Bonchev–Trinajstić information content (AvgIpc) is 2.74. The van der Waals surface area contributed by atoms with Gasteiger partial charge in [-0.1, -0.05) is 20.8 Å². The summed E-state index contributed by atoms with van der Waals surface area (Å²) in [6.45, 7) is 11.9. The number of carbonyl (C=O) groups is 1. The molecule has 0 radical (unpaired) electrons. The predicted octanol–water partition coefficient (Wildman–Crippen LogP) is 1.29. The van der Waals surface area contributed by atoms with E-state index in [4.69, 9.17) is 0 Å². The van der Waals surface area contributed by atoms with Crippen molar-refractivity contribution in [2.75, 3.05) is 38.5 Å². The fraction of sp³-hybridized carbons (Fsp3) is 0.750. The highest BCUT2D eigenvalue weighted by atomic mass is 16.2. The molecule has 0 aromatic carbocycles. The maximum absolute atomic E-state index is 12.3. The van der Waals surface area contributed by atoms with Gasteiger partial charge in [-0.3, -0.25) is 14.4 Å². The molecule has 1 unspecified atom stereocenters. The summed E-state index contributed by atoms with van der Waals surface area (Å²) in [5.74, 6) is 0.788. The van der Waals surface area contributed by atoms with Gasteiger partial charge in [-0.15, -0.1) is 0 Å². The van der Waals surface area contributed by atoms with Crippen molar-refractivity contribution in [3.8, 4) is 0 Å². The van der Waals surface area contributed by atoms with Crippen LogP contribution in [0.15, 0.2) is 6.07 Å². The van der Waals surface area contributed by atoms with Crippen LogP contribution in [-0.2, 0) is 17.3 Å². The Hall–Kier alpha value is -1.40. The van der Waals surface area contributed by atoms with Crippen molar-refractivity contribution in [2.45, 2.75) is 39.2 Å². The highest BCUT2D eigenvalue weighted by molar-refractivity contribution is 5.91. The summed E-state index contributed by atoms with van der Waals surface area (Å²) in [5.41, 5.74) is 0.963. The number of anilines is 1. The van der Waals surface area contributed by atoms with Gasteiger partial charge in [0, 0.05) is 44.2 Å². The molecule has 0 bridgehead atoms. The van der Waals surface area contributed by atoms with E-state index in [1.165, 1.54) is 0 Å². The topological polar surface area (TPSA) is 53.4 Å². The fourth-order valence-electron chi connectivity index (χ4n) is 2.73. The van der Waals surface area contributed by atoms with Crippen LogP contribution in [0.5, 0.6) is 0 Å². The second-order valence-corrected chi connectivity index (χ2v) is 7.42. The minimum Gasteiger partial charge on any atom is -0.310 e. The molecule has 1 aliphatic rings. The van der Waals surface area contributed by atoms with Crippen LogP contribution in [0.3, 0.4) is 0 Å². The van der Waals surface area contributed by atoms with Gasteiger partial charge >= 0.3 is 0 Å². The van der Waals surface area contributed by atoms with Crippen molar-refractivity contribution in [3.63, 3.8) is 0 Å². The summed E-state index contributed by atoms with van der Waals surface area (Å²) in [5, 5.41) is 7.48. The van der Waals surface area contributed by atoms with E-state index in [1.807, 2.05) is 13.1 Å². The Bertz CT molecular complexity index is 531. The summed E-state index contributed by atoms with van der Waals surface area (Å²) >= 11 is 0. The fourth-order valence-corrected chi connectivity index (χ4v) is 2.73. The molecule has 1 N–H and O–H groups in total. The lowest BCUT2D eigenvalue weighted by molar-refractivity contribution is -0.118. The maximum Gasteiger partial charge on any atom is 0.239 e. The molecule has 1 saturated heterocycles. The van der Waals surface area contributed by atoms with Gasteiger partial charge < -0.3 is 10.2 Å². The molecule has 0 saturated carbocycles. The predicted molar refractivity (Wildman–Crippen MR) is 89.1 cm³/mol. The number of amides is 1. The standard InChI is InChI=1S/C16H29N5O/c1-12-10-19(5)7-8-21(12)11-15(22)17-14-9-13(16(2,3)4)18-20(14)6/h9,12H,7-8,10-11H2,1-6H3,(H,17,22). The first kappa shape index (κ1) is 17.0. The second kappa shape index (κ2) is 6.38. The van der Waals surface area contributed by atoms with Gasteiger partial charge in [0.15, 0.2) is 0 Å². The van der Waals surface area contributed by atoms with Gasteiger partial charge in [-0.05, 0) is 14.0 Å². The van der Waals surface area contributed by atoms with Gasteiger partial charge in [0.05, 0.1) is 12.2 Å². The van der Waals surface area contributed by atoms with Crippen molar-refractivity contribution in [2.24, 2.45) is 7.05 Å². The smallest absolute Gasteiger partial charge is 0.239 e. The Morgan fingerprint density at radius 3 is 2.59 bits per heavy atom. The summed E-state index contributed by atoms with van der Waals surface area (Å²) in [6, 6.07) is 2.37. The summed E-state index contributed by atoms with van der Waals surface area (Å²) in [4.78, 5) is 16.8. The van der Waals surface area contributed by atoms with Crippen LogP contribution in [0.4, 0.5) is 5.82 Å². The van der Waals surface area contributed by atoms with E-state index in [0.29, 0.717) is 12.6 Å². The van der Waals surface area contributed by atoms with Crippen LogP contribution in [0.25, 0.3) is 0 Å². The van der Waals surface area contributed by atoms with Gasteiger partial charge in [0.1, 0.15) is 5.82 Å². The number of aryl methyl sites for hydroxylation is 1. The summed E-state index contributed by atoms with van der Waals surface area (Å²) in [6.07, 6.45) is 0. The van der Waals surface area contributed by atoms with Crippen LogP contribution < -0.4 is 5.32 Å². The molecular formula is C16H29N5O. The normalized spacial score (nSPS) is 21.1. The van der Waals surface area contributed by atoms with Gasteiger partial charge in [0.2, 0.25) is 5.91 Å². The highest BCUT2D eigenvalue weighted by Crippen LogP contribution is 2.23. The molecule has 2 rings (SSSR count). The summed E-state index contributed by atoms with van der Waals surface area (Å²) < 4.78 is 1.74. The molecule has 124 valence electrons. The number of carbonyl (C=O) groups excluding carboxylic acids is 1. The molecule has 6 heteroatoms. The first-order chi connectivity index (χ1) is 10.2. The van der Waals surface area contributed by atoms with E-state index in [-0.39, 0.29) is 11.3 Å². The van der Waals surface area contributed by atoms with Gasteiger partial charge in [-0.2, -0.15) is 5.10 Å². The molecule has 1 amide bonds. The molecule has 6 nitrogen and oxygen atoms in total. The molecule has 1 aromatic rings. The Morgan fingerprint density at radius 2 is 2.05 bits per heavy atom. The molecule has 0 spiro atoms. The van der Waals surface area contributed by atoms with Crippen molar-refractivity contribution >= 4 is 11.7 Å². The van der Waals surface area contributed by atoms with Crippen molar-refractivity contribution < 1.29 is 4.79 Å². The summed E-state index contributed by atoms with van der Waals surface area (Å²) in [7, 11) is 3.99. The van der Waals surface area contributed by atoms with E-state index in [1.54, 1.807) is 4.68 Å². The zero-order valence-electron chi connectivity index (χ0n) is 14.7. The molecule has 1 aliphatic heterocycles. The molecule has 1 aromatic heterocycles. The Kier molecular flexibility index (Phi) is 4.92. The number of hydrogen-bond donors (Lipinski definition) is 1. The van der Waals surface area contributed by atoms with Crippen LogP contribution in [-0.4, -0.2) is 64.8 Å². The number of piperazine rings is 1. The molecule has 0 aliphatic carbocycles. The van der Waals surface area contributed by atoms with E-state index >= 15 is 0 Å². The quantitative estimate of drug-likeness (QED) is 0.914. The molecule has 22 heavy (non-hydrogen) atoms. The van der Waals surface area contributed by atoms with Crippen LogP contribution in [0.1, 0.15) is 33.4 Å². The van der Waals surface area contributed by atoms with E-state index in [9.17, 15) is 4.79 Å². The molecule has 2 heterocycles. The SMILES string of the molecule is CC1CN(C)CCN1CC(=O)Nc1cc(C(C)(C)C)nn1C. The van der Waals surface area contributed by atoms with E-state index in [0.717, 1.165) is 31.1 Å². The lowest BCUT2D eigenvalue weighted by Gasteiger charge is -2.37. The van der Waals surface area contributed by atoms with Crippen LogP contribution in [0.2, 0.25) is 0 Å². The number of likely N-dealkylation sites (N-methyl/N-ethyl adjacent to an activating group) is 1. The number of nitrogens with zero attached hydrogens (tertiary/aromatic N) is 4. The first-order valence-electron chi connectivity index (χ1n) is 7.94. The third kappa shape index (κ3) is 4.08. The van der Waals surface area contributed by atoms with E-state index in [2.05, 4.69) is 55.0 Å². The number of rotatable bonds is 3. The second-order valence-electron chi connectivity index (χ2n) is 7.42. The molecule has 1 fully saturated rings. The number of aromatic nitrogens is 2. The zero-order valence-corrected chi connectivity index (χ0v) is 14.7. The van der Waals surface area contributed by atoms with Crippen LogP contribution >= 0.6 is 0 Å². The minimum absolute atomic E-state index is 0.0211. The first-order valence-corrected chi connectivity index (χ1v) is 7.94. The molecule has 1 atom stereocenters. The lowest BCUT2D eigenvalue weighted by Crippen LogP contribution is -2.52. The van der Waals surface area contributed by atoms with Crippen molar-refractivity contribution in [1.29, 1.82) is 0 Å². The van der Waals surface area contributed by atoms with E-state index < -0.39 is 0 Å². The lowest BCUT2D eigenvalue weighted by atomic mass is 9.92. The molecular weight excluding hydrogens is 278 g/mol. The third-order valence-electron chi connectivity index (χ3n) is 4.23. The van der Waals surface area contributed by atoms with Crippen molar-refractivity contribution in [1.82, 2.24) is 19.6 Å². The highest BCUT2D eigenvalue weighted by Gasteiger charge is 2.24. The van der Waals surface area contributed by atoms with Gasteiger partial charge in [0.25, 0.3) is 0 Å². The Labute approximate surface area is 133 Å². The minimum atomic E-state index is -0.0211. The van der Waals surface area contributed by atoms with Crippen LogP contribution in [0, 0.1) is 0 Å². The average molecular weight is 307 g/mol. The Balaban J connectivity index is 1.96. The number of hydrogen-bond acceptors (Lipinski definition) is 4. The van der Waals surface area contributed by atoms with Gasteiger partial charge in [-0.25, -0.2) is 0 Å². The number of nitrogens with one attached hydrogen (secondary N) is 1. The third-order valence-corrected chi connectivity index (χ3v) is 4.23. The monoisotopic (exact) mass is 307 g/mol. The largest absolute Gasteiger partial charge is 0.310 e. The zero-order chi connectivity index (χ0) is 16.5.